The molecule has 1 saturated carbocycles. The van der Waals surface area contributed by atoms with Gasteiger partial charge in [0, 0.05) is 28.9 Å². The van der Waals surface area contributed by atoms with Crippen molar-refractivity contribution in [1.82, 2.24) is 9.78 Å². The highest BCUT2D eigenvalue weighted by Crippen LogP contribution is 2.38. The third-order valence-electron chi connectivity index (χ3n) is 6.45. The van der Waals surface area contributed by atoms with Crippen molar-refractivity contribution in [1.29, 1.82) is 0 Å². The van der Waals surface area contributed by atoms with Crippen molar-refractivity contribution in [2.45, 2.75) is 39.2 Å². The highest BCUT2D eigenvalue weighted by Gasteiger charge is 2.26. The summed E-state index contributed by atoms with van der Waals surface area (Å²) in [7, 11) is 0. The first-order valence-corrected chi connectivity index (χ1v) is 11.7. The van der Waals surface area contributed by atoms with Gasteiger partial charge in [0.15, 0.2) is 0 Å². The number of hydrogen-bond acceptors (Lipinski definition) is 3. The summed E-state index contributed by atoms with van der Waals surface area (Å²) in [6, 6.07) is 14.9. The molecule has 1 aliphatic carbocycles. The van der Waals surface area contributed by atoms with Gasteiger partial charge in [0.25, 0.3) is 0 Å². The van der Waals surface area contributed by atoms with E-state index in [1.54, 1.807) is 18.2 Å². The molecule has 4 rings (SSSR count). The SMILES string of the molecule is Cc1c(-c2cccc(Cl)c2F)c(-c2ccccc2)nn1C[C@H]1CC[C@H](COCC(=O)O)CC1. The van der Waals surface area contributed by atoms with Gasteiger partial charge >= 0.3 is 5.97 Å². The lowest BCUT2D eigenvalue weighted by Crippen LogP contribution is -2.23. The van der Waals surface area contributed by atoms with E-state index in [0.29, 0.717) is 24.0 Å². The Morgan fingerprint density at radius 1 is 1.12 bits per heavy atom. The molecule has 0 bridgehead atoms. The first kappa shape index (κ1) is 23.5. The van der Waals surface area contributed by atoms with Gasteiger partial charge in [-0.15, -0.1) is 0 Å². The molecule has 0 saturated heterocycles. The third kappa shape index (κ3) is 5.45. The fourth-order valence-electron chi connectivity index (χ4n) is 4.68. The Hall–Kier alpha value is -2.70. The second kappa shape index (κ2) is 10.5. The van der Waals surface area contributed by atoms with E-state index in [2.05, 4.69) is 0 Å². The number of carboxylic acids is 1. The van der Waals surface area contributed by atoms with Crippen molar-refractivity contribution >= 4 is 17.6 Å². The van der Waals surface area contributed by atoms with Crippen LogP contribution in [0.15, 0.2) is 48.5 Å². The highest BCUT2D eigenvalue weighted by molar-refractivity contribution is 6.31. The molecular weight excluding hydrogens is 443 g/mol. The van der Waals surface area contributed by atoms with Crippen molar-refractivity contribution in [2.24, 2.45) is 11.8 Å². The molecule has 1 aromatic heterocycles. The molecule has 174 valence electrons. The molecule has 0 spiro atoms. The van der Waals surface area contributed by atoms with E-state index in [9.17, 15) is 4.79 Å². The first-order valence-electron chi connectivity index (χ1n) is 11.3. The van der Waals surface area contributed by atoms with Gasteiger partial charge < -0.3 is 9.84 Å². The van der Waals surface area contributed by atoms with Gasteiger partial charge in [0.05, 0.1) is 11.6 Å². The molecule has 3 aromatic rings. The molecule has 0 radical (unpaired) electrons. The molecule has 2 aromatic carbocycles. The summed E-state index contributed by atoms with van der Waals surface area (Å²) in [5.74, 6) is -0.504. The van der Waals surface area contributed by atoms with Crippen molar-refractivity contribution < 1.29 is 19.0 Å². The van der Waals surface area contributed by atoms with Crippen LogP contribution in [0.4, 0.5) is 4.39 Å². The minimum atomic E-state index is -0.931. The highest BCUT2D eigenvalue weighted by atomic mass is 35.5. The monoisotopic (exact) mass is 470 g/mol. The van der Waals surface area contributed by atoms with Crippen LogP contribution in [0.25, 0.3) is 22.4 Å². The van der Waals surface area contributed by atoms with Crippen LogP contribution in [0, 0.1) is 24.6 Å². The Kier molecular flexibility index (Phi) is 7.46. The Morgan fingerprint density at radius 3 is 2.52 bits per heavy atom. The number of nitrogens with zero attached hydrogens (tertiary/aromatic N) is 2. The molecule has 1 fully saturated rings. The van der Waals surface area contributed by atoms with E-state index in [1.807, 2.05) is 41.9 Å². The average molecular weight is 471 g/mol. The van der Waals surface area contributed by atoms with Crippen molar-refractivity contribution in [2.75, 3.05) is 13.2 Å². The second-order valence-corrected chi connectivity index (χ2v) is 9.16. The number of aromatic nitrogens is 2. The number of halogens is 2. The van der Waals surface area contributed by atoms with E-state index in [-0.39, 0.29) is 11.6 Å². The summed E-state index contributed by atoms with van der Waals surface area (Å²) in [5, 5.41) is 13.8. The van der Waals surface area contributed by atoms with Crippen LogP contribution < -0.4 is 0 Å². The van der Waals surface area contributed by atoms with Gasteiger partial charge in [-0.2, -0.15) is 5.10 Å². The molecule has 1 N–H and O–H groups in total. The molecule has 0 aliphatic heterocycles. The third-order valence-corrected chi connectivity index (χ3v) is 6.74. The Balaban J connectivity index is 1.56. The van der Waals surface area contributed by atoms with Crippen LogP contribution >= 0.6 is 11.6 Å². The van der Waals surface area contributed by atoms with Gasteiger partial charge in [-0.05, 0) is 50.5 Å². The normalized spacial score (nSPS) is 18.4. The quantitative estimate of drug-likeness (QED) is 0.424. The standard InChI is InChI=1S/C26H28ClFN2O3/c1-17-24(21-8-5-9-22(27)25(21)28)26(20-6-3-2-4-7-20)29-30(17)14-18-10-12-19(13-11-18)15-33-16-23(31)32/h2-9,18-19H,10-16H2,1H3,(H,31,32)/t18-,19-. The molecule has 1 aliphatic rings. The maximum Gasteiger partial charge on any atom is 0.329 e. The first-order chi connectivity index (χ1) is 15.9. The van der Waals surface area contributed by atoms with E-state index in [0.717, 1.165) is 54.7 Å². The fourth-order valence-corrected chi connectivity index (χ4v) is 4.85. The number of carboxylic acid groups (broad SMARTS) is 1. The van der Waals surface area contributed by atoms with E-state index in [4.69, 9.17) is 26.5 Å². The van der Waals surface area contributed by atoms with Crippen molar-refractivity contribution in [3.8, 4) is 22.4 Å². The van der Waals surface area contributed by atoms with Gasteiger partial charge in [-0.1, -0.05) is 54.1 Å². The van der Waals surface area contributed by atoms with Crippen LogP contribution in [0.5, 0.6) is 0 Å². The molecule has 0 atom stereocenters. The largest absolute Gasteiger partial charge is 0.480 e. The smallest absolute Gasteiger partial charge is 0.329 e. The predicted molar refractivity (Wildman–Crippen MR) is 127 cm³/mol. The van der Waals surface area contributed by atoms with Gasteiger partial charge in [-0.3, -0.25) is 4.68 Å². The van der Waals surface area contributed by atoms with Crippen LogP contribution in [-0.2, 0) is 16.1 Å². The Labute approximate surface area is 198 Å². The zero-order chi connectivity index (χ0) is 23.4. The summed E-state index contributed by atoms with van der Waals surface area (Å²) < 4.78 is 22.3. The van der Waals surface area contributed by atoms with Gasteiger partial charge in [0.1, 0.15) is 18.1 Å². The van der Waals surface area contributed by atoms with Crippen LogP contribution in [0.2, 0.25) is 5.02 Å². The lowest BCUT2D eigenvalue weighted by Gasteiger charge is -2.28. The lowest BCUT2D eigenvalue weighted by atomic mass is 9.82. The van der Waals surface area contributed by atoms with E-state index >= 15 is 4.39 Å². The van der Waals surface area contributed by atoms with Crippen LogP contribution in [0.1, 0.15) is 31.4 Å². The van der Waals surface area contributed by atoms with Crippen molar-refractivity contribution in [3.05, 3.63) is 65.1 Å². The summed E-state index contributed by atoms with van der Waals surface area (Å²) in [6.45, 7) is 3.00. The van der Waals surface area contributed by atoms with E-state index < -0.39 is 11.8 Å². The lowest BCUT2D eigenvalue weighted by molar-refractivity contribution is -0.142. The summed E-state index contributed by atoms with van der Waals surface area (Å²) in [4.78, 5) is 10.6. The summed E-state index contributed by atoms with van der Waals surface area (Å²) in [5.41, 5.74) is 3.85. The zero-order valence-corrected chi connectivity index (χ0v) is 19.4. The average Bonchev–Trinajstić information content (AvgIpc) is 3.13. The fraction of sp³-hybridized carbons (Fsp3) is 0.385. The van der Waals surface area contributed by atoms with Crippen LogP contribution in [0.3, 0.4) is 0 Å². The summed E-state index contributed by atoms with van der Waals surface area (Å²) in [6.07, 6.45) is 4.07. The maximum absolute atomic E-state index is 15.0. The molecule has 1 heterocycles. The zero-order valence-electron chi connectivity index (χ0n) is 18.6. The number of ether oxygens (including phenoxy) is 1. The molecular formula is C26H28ClFN2O3. The Bertz CT molecular complexity index is 1110. The van der Waals surface area contributed by atoms with E-state index in [1.165, 1.54) is 0 Å². The van der Waals surface area contributed by atoms with Crippen molar-refractivity contribution in [3.63, 3.8) is 0 Å². The Morgan fingerprint density at radius 2 is 1.82 bits per heavy atom. The number of benzene rings is 2. The minimum Gasteiger partial charge on any atom is -0.480 e. The number of hydrogen-bond donors (Lipinski definition) is 1. The molecule has 5 nitrogen and oxygen atoms in total. The number of carbonyl (C=O) groups is 1. The second-order valence-electron chi connectivity index (χ2n) is 8.75. The molecule has 0 unspecified atom stereocenters. The topological polar surface area (TPSA) is 64.4 Å². The van der Waals surface area contributed by atoms with Crippen LogP contribution in [-0.4, -0.2) is 34.1 Å². The van der Waals surface area contributed by atoms with Gasteiger partial charge in [-0.25, -0.2) is 9.18 Å². The number of rotatable bonds is 8. The molecule has 33 heavy (non-hydrogen) atoms. The molecule has 7 heteroatoms. The van der Waals surface area contributed by atoms with Gasteiger partial charge in [0.2, 0.25) is 0 Å². The maximum atomic E-state index is 15.0. The summed E-state index contributed by atoms with van der Waals surface area (Å²) >= 11 is 6.10. The minimum absolute atomic E-state index is 0.0992. The molecule has 0 amide bonds. The number of aliphatic carboxylic acids is 1. The predicted octanol–water partition coefficient (Wildman–Crippen LogP) is 6.23.